The van der Waals surface area contributed by atoms with Gasteiger partial charge in [-0.3, -0.25) is 4.79 Å². The Balaban J connectivity index is 2.14. The highest BCUT2D eigenvalue weighted by Crippen LogP contribution is 2.23. The van der Waals surface area contributed by atoms with Crippen LogP contribution in [0.1, 0.15) is 18.9 Å². The van der Waals surface area contributed by atoms with Crippen LogP contribution in [0.2, 0.25) is 0 Å². The van der Waals surface area contributed by atoms with Crippen molar-refractivity contribution in [1.29, 1.82) is 0 Å². The molecule has 0 saturated heterocycles. The number of nitrogens with zero attached hydrogens (tertiary/aromatic N) is 1. The van der Waals surface area contributed by atoms with Crippen molar-refractivity contribution in [3.8, 4) is 5.75 Å². The van der Waals surface area contributed by atoms with Gasteiger partial charge in [-0.2, -0.15) is 0 Å². The molecular formula is C16H19BrN2O2. The van der Waals surface area contributed by atoms with Gasteiger partial charge in [0.15, 0.2) is 0 Å². The number of pyridine rings is 1. The predicted octanol–water partition coefficient (Wildman–Crippen LogP) is 3.64. The summed E-state index contributed by atoms with van der Waals surface area (Å²) in [7, 11) is 1.66. The molecule has 0 unspecified atom stereocenters. The summed E-state index contributed by atoms with van der Waals surface area (Å²) in [5, 5.41) is 3.33. The first kappa shape index (κ1) is 15.6. The molecule has 4 nitrogen and oxygen atoms in total. The maximum absolute atomic E-state index is 11.7. The van der Waals surface area contributed by atoms with Crippen LogP contribution in [0.5, 0.6) is 5.75 Å². The van der Waals surface area contributed by atoms with Crippen molar-refractivity contribution in [3.63, 3.8) is 0 Å². The molecule has 1 aromatic heterocycles. The fraction of sp³-hybridized carbons (Fsp3) is 0.312. The second kappa shape index (κ2) is 7.31. The van der Waals surface area contributed by atoms with Gasteiger partial charge in [-0.1, -0.05) is 22.9 Å². The van der Waals surface area contributed by atoms with E-state index in [4.69, 9.17) is 4.74 Å². The molecule has 1 heterocycles. The Morgan fingerprint density at radius 1 is 1.29 bits per heavy atom. The molecule has 0 aliphatic rings. The molecule has 2 rings (SSSR count). The molecule has 0 aliphatic heterocycles. The van der Waals surface area contributed by atoms with Crippen molar-refractivity contribution in [3.05, 3.63) is 56.9 Å². The predicted molar refractivity (Wildman–Crippen MR) is 89.0 cm³/mol. The summed E-state index contributed by atoms with van der Waals surface area (Å²) in [5.41, 5.74) is 2.01. The normalized spacial score (nSPS) is 10.4. The highest BCUT2D eigenvalue weighted by molar-refractivity contribution is 9.10. The van der Waals surface area contributed by atoms with E-state index in [1.807, 2.05) is 24.4 Å². The van der Waals surface area contributed by atoms with Crippen LogP contribution in [0.15, 0.2) is 45.8 Å². The number of methoxy groups -OCH3 is 1. The van der Waals surface area contributed by atoms with E-state index in [1.165, 1.54) is 0 Å². The molecule has 112 valence electrons. The quantitative estimate of drug-likeness (QED) is 0.864. The fourth-order valence-electron chi connectivity index (χ4n) is 2.13. The van der Waals surface area contributed by atoms with Gasteiger partial charge in [-0.05, 0) is 30.7 Å². The van der Waals surface area contributed by atoms with Crippen LogP contribution in [0.25, 0.3) is 0 Å². The average Bonchev–Trinajstić information content (AvgIpc) is 2.48. The van der Waals surface area contributed by atoms with E-state index in [2.05, 4.69) is 28.2 Å². The monoisotopic (exact) mass is 350 g/mol. The lowest BCUT2D eigenvalue weighted by molar-refractivity contribution is 0.410. The Bertz CT molecular complexity index is 668. The molecule has 1 N–H and O–H groups in total. The molecule has 0 amide bonds. The summed E-state index contributed by atoms with van der Waals surface area (Å²) in [6.07, 6.45) is 2.79. The number of aryl methyl sites for hydroxylation is 1. The van der Waals surface area contributed by atoms with E-state index in [9.17, 15) is 4.79 Å². The molecular weight excluding hydrogens is 332 g/mol. The lowest BCUT2D eigenvalue weighted by Crippen LogP contribution is -2.18. The van der Waals surface area contributed by atoms with E-state index >= 15 is 0 Å². The first-order valence-electron chi connectivity index (χ1n) is 6.91. The number of rotatable bonds is 6. The minimum Gasteiger partial charge on any atom is -0.496 e. The van der Waals surface area contributed by atoms with E-state index in [1.54, 1.807) is 23.8 Å². The van der Waals surface area contributed by atoms with Crippen molar-refractivity contribution in [2.75, 3.05) is 12.4 Å². The molecule has 0 spiro atoms. The van der Waals surface area contributed by atoms with Gasteiger partial charge in [-0.25, -0.2) is 0 Å². The molecule has 21 heavy (non-hydrogen) atoms. The zero-order chi connectivity index (χ0) is 15.2. The third-order valence-corrected chi connectivity index (χ3v) is 3.67. The van der Waals surface area contributed by atoms with Crippen LogP contribution < -0.4 is 15.6 Å². The van der Waals surface area contributed by atoms with Gasteiger partial charge < -0.3 is 14.6 Å². The number of aromatic nitrogens is 1. The number of anilines is 1. The minimum atomic E-state index is 0.0300. The summed E-state index contributed by atoms with van der Waals surface area (Å²) < 4.78 is 8.09. The Kier molecular flexibility index (Phi) is 5.44. The van der Waals surface area contributed by atoms with Gasteiger partial charge in [0.25, 0.3) is 5.56 Å². The molecule has 0 radical (unpaired) electrons. The zero-order valence-corrected chi connectivity index (χ0v) is 13.8. The topological polar surface area (TPSA) is 43.3 Å². The highest BCUT2D eigenvalue weighted by atomic mass is 79.9. The van der Waals surface area contributed by atoms with Crippen LogP contribution in [0.4, 0.5) is 5.69 Å². The van der Waals surface area contributed by atoms with Gasteiger partial charge in [0.05, 0.1) is 12.8 Å². The summed E-state index contributed by atoms with van der Waals surface area (Å²) >= 11 is 3.46. The first-order valence-corrected chi connectivity index (χ1v) is 7.70. The maximum Gasteiger partial charge on any atom is 0.250 e. The lowest BCUT2D eigenvalue weighted by Gasteiger charge is -2.12. The van der Waals surface area contributed by atoms with Gasteiger partial charge in [-0.15, -0.1) is 0 Å². The average molecular weight is 351 g/mol. The Hall–Kier alpha value is -1.75. The first-order chi connectivity index (χ1) is 10.1. The SMILES string of the molecule is CCCn1cc(NCc2cc(Br)ccc2OC)ccc1=O. The van der Waals surface area contributed by atoms with Crippen LogP contribution in [0, 0.1) is 0 Å². The summed E-state index contributed by atoms with van der Waals surface area (Å²) in [6.45, 7) is 3.42. The second-order valence-corrected chi connectivity index (χ2v) is 5.67. The van der Waals surface area contributed by atoms with E-state index in [-0.39, 0.29) is 5.56 Å². The van der Waals surface area contributed by atoms with E-state index in [0.717, 1.165) is 34.4 Å². The summed E-state index contributed by atoms with van der Waals surface area (Å²) in [4.78, 5) is 11.7. The smallest absolute Gasteiger partial charge is 0.250 e. The number of hydrogen-bond donors (Lipinski definition) is 1. The molecule has 1 aromatic carbocycles. The van der Waals surface area contributed by atoms with Crippen molar-refractivity contribution in [1.82, 2.24) is 4.57 Å². The molecule has 0 atom stereocenters. The maximum atomic E-state index is 11.7. The van der Waals surface area contributed by atoms with Crippen molar-refractivity contribution in [2.45, 2.75) is 26.4 Å². The minimum absolute atomic E-state index is 0.0300. The number of nitrogens with one attached hydrogen (secondary N) is 1. The van der Waals surface area contributed by atoms with Crippen LogP contribution in [-0.4, -0.2) is 11.7 Å². The Morgan fingerprint density at radius 2 is 2.10 bits per heavy atom. The van der Waals surface area contributed by atoms with Crippen molar-refractivity contribution >= 4 is 21.6 Å². The molecule has 0 aliphatic carbocycles. The third-order valence-electron chi connectivity index (χ3n) is 3.17. The molecule has 2 aromatic rings. The second-order valence-electron chi connectivity index (χ2n) is 4.76. The zero-order valence-electron chi connectivity index (χ0n) is 12.2. The van der Waals surface area contributed by atoms with Gasteiger partial charge in [0.2, 0.25) is 0 Å². The summed E-state index contributed by atoms with van der Waals surface area (Å²) in [5.74, 6) is 0.840. The van der Waals surface area contributed by atoms with E-state index < -0.39 is 0 Å². The van der Waals surface area contributed by atoms with E-state index in [0.29, 0.717) is 6.54 Å². The third kappa shape index (κ3) is 4.11. The standard InChI is InChI=1S/C16H19BrN2O2/c1-3-8-19-11-14(5-7-16(19)20)18-10-12-9-13(17)4-6-15(12)21-2/h4-7,9,11,18H,3,8,10H2,1-2H3. The number of ether oxygens (including phenoxy) is 1. The van der Waals surface area contributed by atoms with Gasteiger partial charge >= 0.3 is 0 Å². The molecule has 0 saturated carbocycles. The van der Waals surface area contributed by atoms with Crippen molar-refractivity contribution in [2.24, 2.45) is 0 Å². The lowest BCUT2D eigenvalue weighted by atomic mass is 10.2. The number of hydrogen-bond acceptors (Lipinski definition) is 3. The van der Waals surface area contributed by atoms with Crippen LogP contribution >= 0.6 is 15.9 Å². The Morgan fingerprint density at radius 3 is 2.81 bits per heavy atom. The van der Waals surface area contributed by atoms with Crippen LogP contribution in [-0.2, 0) is 13.1 Å². The molecule has 0 fully saturated rings. The highest BCUT2D eigenvalue weighted by Gasteiger charge is 2.04. The van der Waals surface area contributed by atoms with Crippen molar-refractivity contribution < 1.29 is 4.74 Å². The molecule has 5 heteroatoms. The number of benzene rings is 1. The Labute approximate surface area is 132 Å². The van der Waals surface area contributed by atoms with Gasteiger partial charge in [0.1, 0.15) is 5.75 Å². The largest absolute Gasteiger partial charge is 0.496 e. The fourth-order valence-corrected chi connectivity index (χ4v) is 2.54. The summed E-state index contributed by atoms with van der Waals surface area (Å²) in [6, 6.07) is 9.30. The number of halogens is 1. The molecule has 0 bridgehead atoms. The van der Waals surface area contributed by atoms with Gasteiger partial charge in [0, 0.05) is 35.4 Å². The van der Waals surface area contributed by atoms with Crippen LogP contribution in [0.3, 0.4) is 0 Å².